The molecule has 0 bridgehead atoms. The molecule has 0 saturated carbocycles. The number of nitrogens with one attached hydrogen (secondary N) is 1. The Kier molecular flexibility index (Phi) is 3.51. The second kappa shape index (κ2) is 5.52. The zero-order chi connectivity index (χ0) is 15.1. The van der Waals surface area contributed by atoms with Crippen molar-refractivity contribution in [1.82, 2.24) is 9.97 Å². The van der Waals surface area contributed by atoms with Crippen molar-refractivity contribution in [1.29, 1.82) is 0 Å². The van der Waals surface area contributed by atoms with Gasteiger partial charge in [0.15, 0.2) is 0 Å². The summed E-state index contributed by atoms with van der Waals surface area (Å²) in [6, 6.07) is 6.84. The lowest BCUT2D eigenvalue weighted by Crippen LogP contribution is -2.02. The van der Waals surface area contributed by atoms with Crippen LogP contribution in [0.25, 0.3) is 21.3 Å². The molecule has 2 aromatic heterocycles. The predicted octanol–water partition coefficient (Wildman–Crippen LogP) is 4.93. The normalized spacial score (nSPS) is 14.1. The van der Waals surface area contributed by atoms with Gasteiger partial charge >= 0.3 is 0 Å². The van der Waals surface area contributed by atoms with Crippen molar-refractivity contribution in [3.8, 4) is 11.1 Å². The van der Waals surface area contributed by atoms with Gasteiger partial charge in [0, 0.05) is 18.0 Å². The van der Waals surface area contributed by atoms with E-state index in [0.29, 0.717) is 0 Å². The highest BCUT2D eigenvalue weighted by Crippen LogP contribution is 2.38. The maximum absolute atomic E-state index is 6.00. The van der Waals surface area contributed by atoms with Crippen LogP contribution in [0.2, 0.25) is 5.28 Å². The standard InChI is InChI=1S/C17H16ClN3S/c1-19-15-14-13(9-22-16(14)21-17(18)20-15)12-7-6-10-4-2-3-5-11(10)8-12/h6-9H,2-5H2,1H3,(H,19,20,21). The van der Waals surface area contributed by atoms with E-state index in [4.69, 9.17) is 11.6 Å². The molecule has 5 heteroatoms. The third kappa shape index (κ3) is 2.27. The van der Waals surface area contributed by atoms with Crippen LogP contribution in [0.5, 0.6) is 0 Å². The number of anilines is 1. The van der Waals surface area contributed by atoms with Crippen molar-refractivity contribution in [2.24, 2.45) is 0 Å². The highest BCUT2D eigenvalue weighted by Gasteiger charge is 2.16. The number of thiophene rings is 1. The average Bonchev–Trinajstić information content (AvgIpc) is 2.97. The zero-order valence-corrected chi connectivity index (χ0v) is 13.9. The molecular formula is C17H16ClN3S. The van der Waals surface area contributed by atoms with E-state index in [1.54, 1.807) is 11.3 Å². The van der Waals surface area contributed by atoms with E-state index in [2.05, 4.69) is 38.9 Å². The van der Waals surface area contributed by atoms with Gasteiger partial charge in [-0.25, -0.2) is 9.97 Å². The van der Waals surface area contributed by atoms with Crippen molar-refractivity contribution in [2.45, 2.75) is 25.7 Å². The predicted molar refractivity (Wildman–Crippen MR) is 94.0 cm³/mol. The first-order valence-corrected chi connectivity index (χ1v) is 8.76. The number of rotatable bonds is 2. The molecule has 0 amide bonds. The molecule has 0 aliphatic heterocycles. The Morgan fingerprint density at radius 1 is 1.14 bits per heavy atom. The second-order valence-electron chi connectivity index (χ2n) is 5.61. The molecule has 0 fully saturated rings. The zero-order valence-electron chi connectivity index (χ0n) is 12.3. The van der Waals surface area contributed by atoms with E-state index in [9.17, 15) is 0 Å². The molecule has 0 spiro atoms. The van der Waals surface area contributed by atoms with Gasteiger partial charge < -0.3 is 5.32 Å². The minimum atomic E-state index is 0.288. The van der Waals surface area contributed by atoms with Crippen LogP contribution in [0.3, 0.4) is 0 Å². The Morgan fingerprint density at radius 3 is 2.77 bits per heavy atom. The van der Waals surface area contributed by atoms with Crippen LogP contribution in [-0.2, 0) is 12.8 Å². The van der Waals surface area contributed by atoms with Gasteiger partial charge in [-0.1, -0.05) is 18.2 Å². The van der Waals surface area contributed by atoms with Gasteiger partial charge in [-0.2, -0.15) is 0 Å². The molecule has 1 aliphatic rings. The van der Waals surface area contributed by atoms with Crippen molar-refractivity contribution in [3.05, 3.63) is 40.0 Å². The quantitative estimate of drug-likeness (QED) is 0.677. The summed E-state index contributed by atoms with van der Waals surface area (Å²) in [7, 11) is 1.87. The van der Waals surface area contributed by atoms with Gasteiger partial charge in [0.25, 0.3) is 0 Å². The number of halogens is 1. The lowest BCUT2D eigenvalue weighted by atomic mass is 9.89. The summed E-state index contributed by atoms with van der Waals surface area (Å²) in [5.74, 6) is 0.795. The Morgan fingerprint density at radius 2 is 1.95 bits per heavy atom. The number of hydrogen-bond acceptors (Lipinski definition) is 4. The minimum Gasteiger partial charge on any atom is -0.372 e. The van der Waals surface area contributed by atoms with Crippen molar-refractivity contribution >= 4 is 39.0 Å². The lowest BCUT2D eigenvalue weighted by Gasteiger charge is -2.16. The maximum Gasteiger partial charge on any atom is 0.225 e. The van der Waals surface area contributed by atoms with Gasteiger partial charge in [0.1, 0.15) is 10.6 Å². The van der Waals surface area contributed by atoms with Crippen LogP contribution in [0.15, 0.2) is 23.6 Å². The average molecular weight is 330 g/mol. The summed E-state index contributed by atoms with van der Waals surface area (Å²) in [5, 5.41) is 6.64. The summed E-state index contributed by atoms with van der Waals surface area (Å²) in [5.41, 5.74) is 5.43. The molecule has 1 aliphatic carbocycles. The first kappa shape index (κ1) is 14.0. The van der Waals surface area contributed by atoms with Gasteiger partial charge in [0.05, 0.1) is 5.39 Å². The largest absolute Gasteiger partial charge is 0.372 e. The van der Waals surface area contributed by atoms with Gasteiger partial charge in [-0.3, -0.25) is 0 Å². The molecule has 0 atom stereocenters. The summed E-state index contributed by atoms with van der Waals surface area (Å²) >= 11 is 7.61. The molecule has 112 valence electrons. The summed E-state index contributed by atoms with van der Waals surface area (Å²) in [6.07, 6.45) is 5.00. The number of aryl methyl sites for hydroxylation is 2. The SMILES string of the molecule is CNc1nc(Cl)nc2scc(-c3ccc4c(c3)CCCC4)c12. The first-order valence-electron chi connectivity index (χ1n) is 7.51. The van der Waals surface area contributed by atoms with Crippen LogP contribution in [-0.4, -0.2) is 17.0 Å². The number of benzene rings is 1. The van der Waals surface area contributed by atoms with Crippen LogP contribution in [0.4, 0.5) is 5.82 Å². The smallest absolute Gasteiger partial charge is 0.225 e. The molecule has 4 rings (SSSR count). The highest BCUT2D eigenvalue weighted by atomic mass is 35.5. The van der Waals surface area contributed by atoms with E-state index < -0.39 is 0 Å². The minimum absolute atomic E-state index is 0.288. The maximum atomic E-state index is 6.00. The van der Waals surface area contributed by atoms with E-state index >= 15 is 0 Å². The molecule has 1 N–H and O–H groups in total. The summed E-state index contributed by atoms with van der Waals surface area (Å²) in [6.45, 7) is 0. The van der Waals surface area contributed by atoms with Crippen LogP contribution in [0.1, 0.15) is 24.0 Å². The fourth-order valence-electron chi connectivity index (χ4n) is 3.21. The molecule has 2 heterocycles. The summed E-state index contributed by atoms with van der Waals surface area (Å²) < 4.78 is 0. The van der Waals surface area contributed by atoms with Crippen LogP contribution in [0, 0.1) is 0 Å². The van der Waals surface area contributed by atoms with E-state index in [0.717, 1.165) is 16.0 Å². The number of nitrogens with zero attached hydrogens (tertiary/aromatic N) is 2. The fourth-order valence-corrected chi connectivity index (χ4v) is 4.38. The molecule has 0 unspecified atom stereocenters. The molecule has 3 nitrogen and oxygen atoms in total. The molecule has 0 radical (unpaired) electrons. The third-order valence-electron chi connectivity index (χ3n) is 4.30. The van der Waals surface area contributed by atoms with Crippen molar-refractivity contribution < 1.29 is 0 Å². The summed E-state index contributed by atoms with van der Waals surface area (Å²) in [4.78, 5) is 9.59. The second-order valence-corrected chi connectivity index (χ2v) is 6.81. The van der Waals surface area contributed by atoms with E-state index in [-0.39, 0.29) is 5.28 Å². The number of fused-ring (bicyclic) bond motifs is 2. The Balaban J connectivity index is 1.91. The monoisotopic (exact) mass is 329 g/mol. The van der Waals surface area contributed by atoms with Crippen molar-refractivity contribution in [2.75, 3.05) is 12.4 Å². The number of hydrogen-bond donors (Lipinski definition) is 1. The Bertz CT molecular complexity index is 856. The Hall–Kier alpha value is -1.65. The molecule has 3 aromatic rings. The lowest BCUT2D eigenvalue weighted by molar-refractivity contribution is 0.686. The van der Waals surface area contributed by atoms with E-state index in [1.165, 1.54) is 47.9 Å². The topological polar surface area (TPSA) is 37.8 Å². The molecule has 0 saturated heterocycles. The highest BCUT2D eigenvalue weighted by molar-refractivity contribution is 7.17. The van der Waals surface area contributed by atoms with Crippen LogP contribution < -0.4 is 5.32 Å². The first-order chi connectivity index (χ1) is 10.8. The van der Waals surface area contributed by atoms with Gasteiger partial charge in [-0.05, 0) is 54.0 Å². The third-order valence-corrected chi connectivity index (χ3v) is 5.34. The van der Waals surface area contributed by atoms with Crippen molar-refractivity contribution in [3.63, 3.8) is 0 Å². The van der Waals surface area contributed by atoms with Gasteiger partial charge in [0.2, 0.25) is 5.28 Å². The molecule has 1 aromatic carbocycles. The van der Waals surface area contributed by atoms with E-state index in [1.807, 2.05) is 7.05 Å². The van der Waals surface area contributed by atoms with Gasteiger partial charge in [-0.15, -0.1) is 11.3 Å². The number of aromatic nitrogens is 2. The van der Waals surface area contributed by atoms with Crippen LogP contribution >= 0.6 is 22.9 Å². The fraction of sp³-hybridized carbons (Fsp3) is 0.294. The molecule has 22 heavy (non-hydrogen) atoms. The Labute approximate surface area is 138 Å². The molecular weight excluding hydrogens is 314 g/mol.